The molecule has 0 bridgehead atoms. The number of hydrogen-bond acceptors (Lipinski definition) is 3. The molecule has 2 aromatic heterocycles. The lowest BCUT2D eigenvalue weighted by Crippen LogP contribution is -2.41. The Bertz CT molecular complexity index is 1740. The third-order valence-electron chi connectivity index (χ3n) is 7.85. The van der Waals surface area contributed by atoms with Gasteiger partial charge in [0.1, 0.15) is 11.2 Å². The van der Waals surface area contributed by atoms with Crippen molar-refractivity contribution in [2.45, 2.75) is 38.9 Å². The van der Waals surface area contributed by atoms with Gasteiger partial charge < -0.3 is 18.3 Å². The van der Waals surface area contributed by atoms with E-state index in [1.165, 1.54) is 21.7 Å². The second-order valence-electron chi connectivity index (χ2n) is 10.5. The van der Waals surface area contributed by atoms with Gasteiger partial charge in [-0.25, -0.2) is 0 Å². The van der Waals surface area contributed by atoms with E-state index < -0.39 is 0 Å². The highest BCUT2D eigenvalue weighted by molar-refractivity contribution is 6.62. The van der Waals surface area contributed by atoms with E-state index in [2.05, 4.69) is 105 Å². The molecule has 4 aromatic carbocycles. The number of aromatic nitrogens is 1. The van der Waals surface area contributed by atoms with Crippen LogP contribution in [-0.4, -0.2) is 22.9 Å². The molecule has 3 heterocycles. The van der Waals surface area contributed by atoms with Crippen LogP contribution >= 0.6 is 0 Å². The van der Waals surface area contributed by atoms with Gasteiger partial charge in [-0.05, 0) is 69.6 Å². The van der Waals surface area contributed by atoms with Gasteiger partial charge in [0.15, 0.2) is 0 Å². The number of rotatable bonds is 2. The summed E-state index contributed by atoms with van der Waals surface area (Å²) in [5, 5.41) is 4.75. The van der Waals surface area contributed by atoms with Crippen molar-refractivity contribution in [1.29, 1.82) is 0 Å². The van der Waals surface area contributed by atoms with E-state index in [-0.39, 0.29) is 18.3 Å². The minimum Gasteiger partial charge on any atom is -0.456 e. The topological polar surface area (TPSA) is 36.5 Å². The maximum atomic E-state index is 6.26. The molecular weight excluding hydrogens is 433 g/mol. The van der Waals surface area contributed by atoms with Crippen molar-refractivity contribution in [3.05, 3.63) is 84.9 Å². The van der Waals surface area contributed by atoms with Crippen molar-refractivity contribution in [3.8, 4) is 5.69 Å². The van der Waals surface area contributed by atoms with Crippen LogP contribution in [0.4, 0.5) is 0 Å². The normalized spacial score (nSPS) is 17.3. The molecule has 0 saturated carbocycles. The molecule has 0 amide bonds. The predicted octanol–water partition coefficient (Wildman–Crippen LogP) is 6.98. The summed E-state index contributed by atoms with van der Waals surface area (Å²) in [4.78, 5) is 0. The third kappa shape index (κ3) is 2.89. The standard InChI is InChI=1S/C30H26BNO3/c1-29(2)30(3,4)35-31(34-29)19-13-15-20(16-14-19)32-23-11-7-5-9-21(23)27-24(32)17-18-26-28(27)22-10-6-8-12-25(22)33-26/h5-18H,1-4H3. The summed E-state index contributed by atoms with van der Waals surface area (Å²) in [5.74, 6) is 0. The van der Waals surface area contributed by atoms with E-state index in [1.54, 1.807) is 0 Å². The molecule has 0 atom stereocenters. The van der Waals surface area contributed by atoms with E-state index in [1.807, 2.05) is 12.1 Å². The average molecular weight is 459 g/mol. The van der Waals surface area contributed by atoms with Crippen molar-refractivity contribution < 1.29 is 13.7 Å². The van der Waals surface area contributed by atoms with Crippen molar-refractivity contribution in [2.24, 2.45) is 0 Å². The summed E-state index contributed by atoms with van der Waals surface area (Å²) in [6, 6.07) is 29.7. The highest BCUT2D eigenvalue weighted by atomic mass is 16.7. The Morgan fingerprint density at radius 2 is 1.26 bits per heavy atom. The number of furan rings is 1. The van der Waals surface area contributed by atoms with Crippen LogP contribution < -0.4 is 5.46 Å². The first-order chi connectivity index (χ1) is 16.8. The number of hydrogen-bond donors (Lipinski definition) is 0. The fraction of sp³-hybridized carbons (Fsp3) is 0.200. The lowest BCUT2D eigenvalue weighted by Gasteiger charge is -2.32. The highest BCUT2D eigenvalue weighted by Gasteiger charge is 2.51. The smallest absolute Gasteiger partial charge is 0.456 e. The second kappa shape index (κ2) is 7.00. The number of nitrogens with zero attached hydrogens (tertiary/aromatic N) is 1. The van der Waals surface area contributed by atoms with Crippen LogP contribution in [0.2, 0.25) is 0 Å². The van der Waals surface area contributed by atoms with E-state index in [0.717, 1.165) is 33.2 Å². The zero-order valence-electron chi connectivity index (χ0n) is 20.3. The monoisotopic (exact) mass is 459 g/mol. The Hall–Kier alpha value is -3.54. The Labute approximate surface area is 204 Å². The number of fused-ring (bicyclic) bond motifs is 7. The van der Waals surface area contributed by atoms with E-state index in [9.17, 15) is 0 Å². The predicted molar refractivity (Wildman–Crippen MR) is 144 cm³/mol. The van der Waals surface area contributed by atoms with Gasteiger partial charge >= 0.3 is 7.12 Å². The molecule has 172 valence electrons. The van der Waals surface area contributed by atoms with Crippen LogP contribution in [0, 0.1) is 0 Å². The number of para-hydroxylation sites is 2. The van der Waals surface area contributed by atoms with Gasteiger partial charge in [-0.3, -0.25) is 0 Å². The minimum atomic E-state index is -0.371. The van der Waals surface area contributed by atoms with Crippen LogP contribution in [0.1, 0.15) is 27.7 Å². The Morgan fingerprint density at radius 3 is 2.00 bits per heavy atom. The van der Waals surface area contributed by atoms with E-state index in [0.29, 0.717) is 0 Å². The van der Waals surface area contributed by atoms with Gasteiger partial charge in [0.2, 0.25) is 0 Å². The maximum absolute atomic E-state index is 6.26. The molecule has 0 spiro atoms. The molecule has 0 radical (unpaired) electrons. The molecule has 4 nitrogen and oxygen atoms in total. The highest BCUT2D eigenvalue weighted by Crippen LogP contribution is 2.41. The molecule has 7 rings (SSSR count). The Balaban J connectivity index is 1.43. The molecule has 1 aliphatic heterocycles. The van der Waals surface area contributed by atoms with Crippen molar-refractivity contribution in [1.82, 2.24) is 4.57 Å². The number of benzene rings is 4. The van der Waals surface area contributed by atoms with Crippen molar-refractivity contribution in [3.63, 3.8) is 0 Å². The summed E-state index contributed by atoms with van der Waals surface area (Å²) in [6.07, 6.45) is 0. The Kier molecular flexibility index (Phi) is 4.16. The largest absolute Gasteiger partial charge is 0.494 e. The van der Waals surface area contributed by atoms with Gasteiger partial charge in [-0.2, -0.15) is 0 Å². The first-order valence-corrected chi connectivity index (χ1v) is 12.1. The first-order valence-electron chi connectivity index (χ1n) is 12.1. The first kappa shape index (κ1) is 20.8. The third-order valence-corrected chi connectivity index (χ3v) is 7.85. The molecule has 1 fully saturated rings. The van der Waals surface area contributed by atoms with E-state index in [4.69, 9.17) is 13.7 Å². The van der Waals surface area contributed by atoms with Crippen molar-refractivity contribution >= 4 is 56.3 Å². The molecule has 0 aliphatic carbocycles. The van der Waals surface area contributed by atoms with Crippen LogP contribution in [0.3, 0.4) is 0 Å². The summed E-state index contributed by atoms with van der Waals surface area (Å²) in [5.41, 5.74) is 5.57. The Morgan fingerprint density at radius 1 is 0.600 bits per heavy atom. The molecule has 35 heavy (non-hydrogen) atoms. The summed E-state index contributed by atoms with van der Waals surface area (Å²) in [7, 11) is -0.371. The van der Waals surface area contributed by atoms with Gasteiger partial charge in [0.05, 0.1) is 22.2 Å². The minimum absolute atomic E-state index is 0.359. The summed E-state index contributed by atoms with van der Waals surface area (Å²) < 4.78 is 21.1. The van der Waals surface area contributed by atoms with Gasteiger partial charge in [0.25, 0.3) is 0 Å². The maximum Gasteiger partial charge on any atom is 0.494 e. The molecule has 1 saturated heterocycles. The molecule has 0 unspecified atom stereocenters. The summed E-state index contributed by atoms with van der Waals surface area (Å²) in [6.45, 7) is 8.33. The van der Waals surface area contributed by atoms with Gasteiger partial charge in [0, 0.05) is 27.2 Å². The SMILES string of the molecule is CC1(C)OB(c2ccc(-n3c4ccccc4c4c5c(ccc43)oc3ccccc35)cc2)OC1(C)C. The fourth-order valence-corrected chi connectivity index (χ4v) is 5.31. The molecule has 5 heteroatoms. The van der Waals surface area contributed by atoms with Crippen LogP contribution in [0.5, 0.6) is 0 Å². The lowest BCUT2D eigenvalue weighted by atomic mass is 9.79. The van der Waals surface area contributed by atoms with Gasteiger partial charge in [-0.15, -0.1) is 0 Å². The lowest BCUT2D eigenvalue weighted by molar-refractivity contribution is 0.00578. The average Bonchev–Trinajstić information content (AvgIpc) is 3.45. The fourth-order valence-electron chi connectivity index (χ4n) is 5.31. The molecule has 6 aromatic rings. The van der Waals surface area contributed by atoms with E-state index >= 15 is 0 Å². The summed E-state index contributed by atoms with van der Waals surface area (Å²) >= 11 is 0. The van der Waals surface area contributed by atoms with Gasteiger partial charge in [-0.1, -0.05) is 48.5 Å². The molecule has 1 aliphatic rings. The van der Waals surface area contributed by atoms with Crippen LogP contribution in [0.15, 0.2) is 89.3 Å². The molecular formula is C30H26BNO3. The molecule has 0 N–H and O–H groups in total. The second-order valence-corrected chi connectivity index (χ2v) is 10.5. The zero-order valence-corrected chi connectivity index (χ0v) is 20.3. The van der Waals surface area contributed by atoms with Crippen molar-refractivity contribution in [2.75, 3.05) is 0 Å². The quantitative estimate of drug-likeness (QED) is 0.262. The van der Waals surface area contributed by atoms with Crippen LogP contribution in [0.25, 0.3) is 49.4 Å². The zero-order chi connectivity index (χ0) is 23.9. The van der Waals surface area contributed by atoms with Crippen LogP contribution in [-0.2, 0) is 9.31 Å².